The average Bonchev–Trinajstić information content (AvgIpc) is 3.13. The molecule has 0 aliphatic carbocycles. The molecule has 124 valence electrons. The van der Waals surface area contributed by atoms with Crippen molar-refractivity contribution in [2.24, 2.45) is 0 Å². The van der Waals surface area contributed by atoms with Gasteiger partial charge in [0.05, 0.1) is 12.3 Å². The van der Waals surface area contributed by atoms with Gasteiger partial charge in [0.25, 0.3) is 0 Å². The number of hydrogen-bond acceptors (Lipinski definition) is 4. The predicted molar refractivity (Wildman–Crippen MR) is 87.3 cm³/mol. The molecule has 2 aromatic rings. The van der Waals surface area contributed by atoms with E-state index in [2.05, 4.69) is 5.32 Å². The van der Waals surface area contributed by atoms with Crippen LogP contribution >= 0.6 is 0 Å². The van der Waals surface area contributed by atoms with E-state index in [0.717, 1.165) is 17.2 Å². The number of para-hydroxylation sites is 1. The van der Waals surface area contributed by atoms with Gasteiger partial charge >= 0.3 is 0 Å². The summed E-state index contributed by atoms with van der Waals surface area (Å²) in [5.41, 5.74) is 0.766. The zero-order valence-electron chi connectivity index (χ0n) is 13.2. The molecule has 1 N–H and O–H groups in total. The largest absolute Gasteiger partial charge is 0.459 e. The van der Waals surface area contributed by atoms with Gasteiger partial charge in [-0.2, -0.15) is 4.31 Å². The topological polar surface area (TPSA) is 79.6 Å². The highest BCUT2D eigenvalue weighted by Crippen LogP contribution is 2.25. The van der Waals surface area contributed by atoms with Gasteiger partial charge in [-0.05, 0) is 31.9 Å². The normalized spacial score (nSPS) is 20.7. The molecule has 1 saturated heterocycles. The molecule has 1 amide bonds. The van der Waals surface area contributed by atoms with Crippen molar-refractivity contribution in [3.05, 3.63) is 36.1 Å². The van der Waals surface area contributed by atoms with E-state index in [9.17, 15) is 13.2 Å². The van der Waals surface area contributed by atoms with Crippen molar-refractivity contribution in [2.45, 2.75) is 31.8 Å². The molecule has 0 spiro atoms. The third kappa shape index (κ3) is 3.25. The molecule has 1 fully saturated rings. The Bertz CT molecular complexity index is 794. The van der Waals surface area contributed by atoms with Gasteiger partial charge < -0.3 is 9.73 Å². The number of benzene rings is 1. The van der Waals surface area contributed by atoms with Crippen molar-refractivity contribution in [3.8, 4) is 0 Å². The van der Waals surface area contributed by atoms with Crippen LogP contribution in [-0.2, 0) is 14.8 Å². The summed E-state index contributed by atoms with van der Waals surface area (Å²) in [6.07, 6.45) is 2.39. The molecule has 0 radical (unpaired) electrons. The molecule has 1 aromatic heterocycles. The third-order valence-corrected chi connectivity index (χ3v) is 5.45. The Morgan fingerprint density at radius 2 is 2.13 bits per heavy atom. The molecular weight excluding hydrogens is 316 g/mol. The lowest BCUT2D eigenvalue weighted by molar-refractivity contribution is -0.125. The Hall–Kier alpha value is -1.86. The van der Waals surface area contributed by atoms with E-state index in [0.29, 0.717) is 25.1 Å². The van der Waals surface area contributed by atoms with Gasteiger partial charge in [0.2, 0.25) is 15.9 Å². The molecular formula is C16H20N2O4S. The fourth-order valence-electron chi connectivity index (χ4n) is 3.00. The van der Waals surface area contributed by atoms with Gasteiger partial charge in [-0.1, -0.05) is 18.2 Å². The van der Waals surface area contributed by atoms with Crippen LogP contribution in [-0.4, -0.2) is 37.5 Å². The van der Waals surface area contributed by atoms with Crippen molar-refractivity contribution < 1.29 is 17.6 Å². The number of carbonyl (C=O) groups is 1. The van der Waals surface area contributed by atoms with Crippen LogP contribution in [0.4, 0.5) is 0 Å². The van der Waals surface area contributed by atoms with Gasteiger partial charge in [-0.3, -0.25) is 4.79 Å². The number of amides is 1. The standard InChI is InChI=1S/C16H20N2O4S/c1-11(15-10-12-6-3-4-8-14(12)22-15)17-16(19)13-7-5-9-18(13)23(2,20)21/h3-4,6,8,10-11,13H,5,7,9H2,1-2H3,(H,17,19)/t11-,13-/m1/s1. The summed E-state index contributed by atoms with van der Waals surface area (Å²) < 4.78 is 30.5. The second-order valence-corrected chi connectivity index (χ2v) is 7.88. The Morgan fingerprint density at radius 1 is 1.39 bits per heavy atom. The molecule has 0 unspecified atom stereocenters. The van der Waals surface area contributed by atoms with Crippen LogP contribution in [0, 0.1) is 0 Å². The Labute approximate surface area is 135 Å². The minimum absolute atomic E-state index is 0.277. The van der Waals surface area contributed by atoms with Crippen molar-refractivity contribution in [3.63, 3.8) is 0 Å². The number of nitrogens with zero attached hydrogens (tertiary/aromatic N) is 1. The number of nitrogens with one attached hydrogen (secondary N) is 1. The first kappa shape index (κ1) is 16.0. The van der Waals surface area contributed by atoms with Crippen molar-refractivity contribution in [1.82, 2.24) is 9.62 Å². The van der Waals surface area contributed by atoms with Crippen LogP contribution in [0.25, 0.3) is 11.0 Å². The quantitative estimate of drug-likeness (QED) is 0.926. The highest BCUT2D eigenvalue weighted by Gasteiger charge is 2.37. The molecule has 2 atom stereocenters. The highest BCUT2D eigenvalue weighted by atomic mass is 32.2. The first-order valence-electron chi connectivity index (χ1n) is 7.62. The predicted octanol–water partition coefficient (Wildman–Crippen LogP) is 2.03. The number of hydrogen-bond donors (Lipinski definition) is 1. The molecule has 0 saturated carbocycles. The molecule has 2 heterocycles. The summed E-state index contributed by atoms with van der Waals surface area (Å²) in [6, 6.07) is 8.57. The molecule has 23 heavy (non-hydrogen) atoms. The summed E-state index contributed by atoms with van der Waals surface area (Å²) in [7, 11) is -3.37. The number of fused-ring (bicyclic) bond motifs is 1. The van der Waals surface area contributed by atoms with Crippen LogP contribution in [0.5, 0.6) is 0 Å². The lowest BCUT2D eigenvalue weighted by atomic mass is 10.2. The van der Waals surface area contributed by atoms with Gasteiger partial charge in [0, 0.05) is 11.9 Å². The fourth-order valence-corrected chi connectivity index (χ4v) is 4.12. The Kier molecular flexibility index (Phi) is 4.16. The van der Waals surface area contributed by atoms with Crippen LogP contribution in [0.15, 0.2) is 34.7 Å². The SMILES string of the molecule is C[C@@H](NC(=O)[C@H]1CCCN1S(C)(=O)=O)c1cc2ccccc2o1. The average molecular weight is 336 g/mol. The van der Waals surface area contributed by atoms with Crippen molar-refractivity contribution in [1.29, 1.82) is 0 Å². The van der Waals surface area contributed by atoms with Gasteiger partial charge in [-0.25, -0.2) is 8.42 Å². The van der Waals surface area contributed by atoms with E-state index in [1.54, 1.807) is 0 Å². The molecule has 1 aromatic carbocycles. The second kappa shape index (κ2) is 5.98. The lowest BCUT2D eigenvalue weighted by Gasteiger charge is -2.22. The Morgan fingerprint density at radius 3 is 2.83 bits per heavy atom. The molecule has 0 bridgehead atoms. The number of sulfonamides is 1. The first-order chi connectivity index (χ1) is 10.9. The number of rotatable bonds is 4. The Balaban J connectivity index is 1.74. The van der Waals surface area contributed by atoms with E-state index >= 15 is 0 Å². The van der Waals surface area contributed by atoms with E-state index in [1.807, 2.05) is 37.3 Å². The van der Waals surface area contributed by atoms with Crippen molar-refractivity contribution in [2.75, 3.05) is 12.8 Å². The van der Waals surface area contributed by atoms with Crippen LogP contribution < -0.4 is 5.32 Å². The minimum Gasteiger partial charge on any atom is -0.459 e. The first-order valence-corrected chi connectivity index (χ1v) is 9.47. The zero-order valence-corrected chi connectivity index (χ0v) is 14.0. The van der Waals surface area contributed by atoms with Crippen molar-refractivity contribution >= 4 is 26.9 Å². The number of carbonyl (C=O) groups excluding carboxylic acids is 1. The maximum absolute atomic E-state index is 12.4. The van der Waals surface area contributed by atoms with Gasteiger partial charge in [-0.15, -0.1) is 0 Å². The molecule has 3 rings (SSSR count). The minimum atomic E-state index is -3.37. The molecule has 1 aliphatic rings. The van der Waals surface area contributed by atoms with E-state index < -0.39 is 16.1 Å². The maximum Gasteiger partial charge on any atom is 0.239 e. The fraction of sp³-hybridized carbons (Fsp3) is 0.438. The molecule has 1 aliphatic heterocycles. The highest BCUT2D eigenvalue weighted by molar-refractivity contribution is 7.88. The second-order valence-electron chi connectivity index (χ2n) is 5.95. The van der Waals surface area contributed by atoms with E-state index in [4.69, 9.17) is 4.42 Å². The zero-order chi connectivity index (χ0) is 16.6. The summed E-state index contributed by atoms with van der Waals surface area (Å²) in [6.45, 7) is 2.23. The summed E-state index contributed by atoms with van der Waals surface area (Å²) >= 11 is 0. The lowest BCUT2D eigenvalue weighted by Crippen LogP contribution is -2.46. The van der Waals surface area contributed by atoms with E-state index in [1.165, 1.54) is 4.31 Å². The summed E-state index contributed by atoms with van der Waals surface area (Å²) in [5, 5.41) is 3.84. The third-order valence-electron chi connectivity index (χ3n) is 4.16. The van der Waals surface area contributed by atoms with Gasteiger partial charge in [0.1, 0.15) is 17.4 Å². The van der Waals surface area contributed by atoms with E-state index in [-0.39, 0.29) is 11.9 Å². The maximum atomic E-state index is 12.4. The molecule has 7 heteroatoms. The van der Waals surface area contributed by atoms with Gasteiger partial charge in [0.15, 0.2) is 0 Å². The summed E-state index contributed by atoms with van der Waals surface area (Å²) in [5.74, 6) is 0.379. The molecule has 6 nitrogen and oxygen atoms in total. The van der Waals surface area contributed by atoms with Crippen LogP contribution in [0.1, 0.15) is 31.6 Å². The monoisotopic (exact) mass is 336 g/mol. The number of furan rings is 1. The smallest absolute Gasteiger partial charge is 0.239 e. The summed E-state index contributed by atoms with van der Waals surface area (Å²) in [4.78, 5) is 12.4. The van der Waals surface area contributed by atoms with Crippen LogP contribution in [0.2, 0.25) is 0 Å². The van der Waals surface area contributed by atoms with Crippen LogP contribution in [0.3, 0.4) is 0 Å².